The van der Waals surface area contributed by atoms with Gasteiger partial charge in [-0.15, -0.1) is 0 Å². The Morgan fingerprint density at radius 3 is 2.79 bits per heavy atom. The molecule has 1 aromatic carbocycles. The molecule has 0 bridgehead atoms. The number of sulfonamides is 1. The molecule has 0 aliphatic heterocycles. The fourth-order valence-electron chi connectivity index (χ4n) is 2.71. The summed E-state index contributed by atoms with van der Waals surface area (Å²) in [5, 5.41) is 8.64. The zero-order chi connectivity index (χ0) is 17.2. The van der Waals surface area contributed by atoms with Crippen molar-refractivity contribution in [3.63, 3.8) is 0 Å². The molecule has 3 aromatic rings. The van der Waals surface area contributed by atoms with Crippen LogP contribution < -0.4 is 10.5 Å². The van der Waals surface area contributed by atoms with Gasteiger partial charge < -0.3 is 9.72 Å². The maximum atomic E-state index is 11.5. The number of benzene rings is 1. The number of rotatable bonds is 6. The minimum atomic E-state index is -3.69. The number of pyridine rings is 1. The van der Waals surface area contributed by atoms with Crippen molar-refractivity contribution < 1.29 is 8.42 Å². The molecule has 0 amide bonds. The summed E-state index contributed by atoms with van der Waals surface area (Å²) in [6.45, 7) is 2.64. The minimum Gasteiger partial charge on any atom is -0.307 e. The van der Waals surface area contributed by atoms with E-state index < -0.39 is 10.0 Å². The normalized spacial score (nSPS) is 13.2. The Morgan fingerprint density at radius 2 is 2.08 bits per heavy atom. The Morgan fingerprint density at radius 1 is 1.25 bits per heavy atom. The smallest absolute Gasteiger partial charge is 0.238 e. The quantitative estimate of drug-likeness (QED) is 0.717. The third-order valence-corrected chi connectivity index (χ3v) is 4.85. The summed E-state index contributed by atoms with van der Waals surface area (Å²) in [7, 11) is -3.69. The van der Waals surface area contributed by atoms with Crippen LogP contribution in [0, 0.1) is 0 Å². The average Bonchev–Trinajstić information content (AvgIpc) is 2.98. The van der Waals surface area contributed by atoms with Crippen LogP contribution in [0.15, 0.2) is 59.8 Å². The van der Waals surface area contributed by atoms with E-state index in [4.69, 9.17) is 5.14 Å². The topological polar surface area (TPSA) is 89.5 Å². The van der Waals surface area contributed by atoms with Gasteiger partial charge in [0.25, 0.3) is 0 Å². The molecule has 24 heavy (non-hydrogen) atoms. The van der Waals surface area contributed by atoms with Gasteiger partial charge in [0.1, 0.15) is 5.65 Å². The second-order valence-electron chi connectivity index (χ2n) is 5.66. The van der Waals surface area contributed by atoms with Crippen LogP contribution in [0.5, 0.6) is 0 Å². The summed E-state index contributed by atoms with van der Waals surface area (Å²) in [5.41, 5.74) is 2.73. The number of primary sulfonamides is 1. The second-order valence-corrected chi connectivity index (χ2v) is 7.22. The minimum absolute atomic E-state index is 0.0245. The number of nitrogens with two attached hydrogens (primary N) is 1. The van der Waals surface area contributed by atoms with Crippen molar-refractivity contribution in [1.29, 1.82) is 0 Å². The first kappa shape index (κ1) is 16.6. The summed E-state index contributed by atoms with van der Waals surface area (Å²) in [6, 6.07) is 12.6. The number of fused-ring (bicyclic) bond motifs is 1. The van der Waals surface area contributed by atoms with E-state index in [0.29, 0.717) is 6.54 Å². The van der Waals surface area contributed by atoms with Crippen molar-refractivity contribution in [2.24, 2.45) is 5.14 Å². The van der Waals surface area contributed by atoms with Gasteiger partial charge in [0, 0.05) is 25.0 Å². The van der Waals surface area contributed by atoms with Gasteiger partial charge >= 0.3 is 0 Å². The van der Waals surface area contributed by atoms with E-state index >= 15 is 0 Å². The first-order chi connectivity index (χ1) is 11.5. The SMILES string of the molecule is CC[C@@H](NCc1cn2ccccc2n1)c1cccc(S(N)(=O)=O)c1. The first-order valence-corrected chi connectivity index (χ1v) is 9.31. The molecule has 126 valence electrons. The molecule has 0 unspecified atom stereocenters. The number of aromatic nitrogens is 2. The first-order valence-electron chi connectivity index (χ1n) is 7.76. The molecule has 3 rings (SSSR count). The lowest BCUT2D eigenvalue weighted by Gasteiger charge is -2.17. The molecular weight excluding hydrogens is 324 g/mol. The van der Waals surface area contributed by atoms with E-state index in [2.05, 4.69) is 10.3 Å². The van der Waals surface area contributed by atoms with Gasteiger partial charge in [0.2, 0.25) is 10.0 Å². The predicted octanol–water partition coefficient (Wildman–Crippen LogP) is 2.22. The van der Waals surface area contributed by atoms with Crippen LogP contribution in [0.1, 0.15) is 30.6 Å². The van der Waals surface area contributed by atoms with E-state index in [1.807, 2.05) is 48.0 Å². The summed E-state index contributed by atoms with van der Waals surface area (Å²) in [6.07, 6.45) is 4.76. The highest BCUT2D eigenvalue weighted by Crippen LogP contribution is 2.20. The molecule has 0 aliphatic carbocycles. The third-order valence-electron chi connectivity index (χ3n) is 3.94. The molecule has 0 aliphatic rings. The zero-order valence-corrected chi connectivity index (χ0v) is 14.2. The lowest BCUT2D eigenvalue weighted by Crippen LogP contribution is -2.21. The molecule has 0 spiro atoms. The standard InChI is InChI=1S/C17H20N4O2S/c1-2-16(13-6-5-7-15(10-13)24(18,22)23)19-11-14-12-21-9-4-3-8-17(21)20-14/h3-10,12,16,19H,2,11H2,1H3,(H2,18,22,23)/t16-/m1/s1. The van der Waals surface area contributed by atoms with E-state index in [0.717, 1.165) is 23.3 Å². The van der Waals surface area contributed by atoms with E-state index in [9.17, 15) is 8.42 Å². The fourth-order valence-corrected chi connectivity index (χ4v) is 3.27. The highest BCUT2D eigenvalue weighted by Gasteiger charge is 2.14. The van der Waals surface area contributed by atoms with Crippen molar-refractivity contribution in [2.75, 3.05) is 0 Å². The summed E-state index contributed by atoms with van der Waals surface area (Å²) in [4.78, 5) is 4.69. The molecule has 3 N–H and O–H groups in total. The summed E-state index contributed by atoms with van der Waals surface area (Å²) >= 11 is 0. The molecule has 2 aromatic heterocycles. The molecule has 0 fully saturated rings. The summed E-state index contributed by atoms with van der Waals surface area (Å²) < 4.78 is 25.0. The summed E-state index contributed by atoms with van der Waals surface area (Å²) in [5.74, 6) is 0. The molecule has 2 heterocycles. The Labute approximate surface area is 141 Å². The lowest BCUT2D eigenvalue weighted by atomic mass is 10.0. The third kappa shape index (κ3) is 3.64. The number of nitrogens with one attached hydrogen (secondary N) is 1. The van der Waals surface area contributed by atoms with E-state index in [1.165, 1.54) is 6.07 Å². The van der Waals surface area contributed by atoms with Crippen molar-refractivity contribution in [1.82, 2.24) is 14.7 Å². The van der Waals surface area contributed by atoms with Crippen LogP contribution in [-0.4, -0.2) is 17.8 Å². The predicted molar refractivity (Wildman–Crippen MR) is 92.9 cm³/mol. The molecule has 7 heteroatoms. The fraction of sp³-hybridized carbons (Fsp3) is 0.235. The molecule has 0 saturated carbocycles. The number of hydrogen-bond donors (Lipinski definition) is 2. The van der Waals surface area contributed by atoms with Gasteiger partial charge in [-0.2, -0.15) is 0 Å². The van der Waals surface area contributed by atoms with Gasteiger partial charge in [-0.05, 0) is 36.2 Å². The van der Waals surface area contributed by atoms with Crippen LogP contribution in [0.2, 0.25) is 0 Å². The van der Waals surface area contributed by atoms with Crippen molar-refractivity contribution in [3.05, 3.63) is 66.1 Å². The molecule has 0 radical (unpaired) electrons. The maximum absolute atomic E-state index is 11.5. The average molecular weight is 344 g/mol. The number of hydrogen-bond acceptors (Lipinski definition) is 4. The van der Waals surface area contributed by atoms with Crippen LogP contribution in [0.3, 0.4) is 0 Å². The monoisotopic (exact) mass is 344 g/mol. The van der Waals surface area contributed by atoms with Crippen LogP contribution in [0.25, 0.3) is 5.65 Å². The molecular formula is C17H20N4O2S. The zero-order valence-electron chi connectivity index (χ0n) is 13.4. The Hall–Kier alpha value is -2.22. The Balaban J connectivity index is 1.77. The van der Waals surface area contributed by atoms with E-state index in [-0.39, 0.29) is 10.9 Å². The van der Waals surface area contributed by atoms with Gasteiger partial charge in [0.05, 0.1) is 10.6 Å². The van der Waals surface area contributed by atoms with Crippen LogP contribution >= 0.6 is 0 Å². The van der Waals surface area contributed by atoms with Gasteiger partial charge in [-0.25, -0.2) is 18.5 Å². The molecule has 0 saturated heterocycles. The molecule has 1 atom stereocenters. The van der Waals surface area contributed by atoms with Gasteiger partial charge in [0.15, 0.2) is 0 Å². The lowest BCUT2D eigenvalue weighted by molar-refractivity contribution is 0.514. The Bertz CT molecular complexity index is 917. The second kappa shape index (κ2) is 6.72. The van der Waals surface area contributed by atoms with Crippen molar-refractivity contribution in [2.45, 2.75) is 30.8 Å². The van der Waals surface area contributed by atoms with E-state index in [1.54, 1.807) is 12.1 Å². The highest BCUT2D eigenvalue weighted by molar-refractivity contribution is 7.89. The maximum Gasteiger partial charge on any atom is 0.238 e. The number of imidazole rings is 1. The molecule has 6 nitrogen and oxygen atoms in total. The van der Waals surface area contributed by atoms with Crippen molar-refractivity contribution in [3.8, 4) is 0 Å². The van der Waals surface area contributed by atoms with Gasteiger partial charge in [-0.3, -0.25) is 0 Å². The van der Waals surface area contributed by atoms with Crippen LogP contribution in [-0.2, 0) is 16.6 Å². The number of nitrogens with zero attached hydrogens (tertiary/aromatic N) is 2. The van der Waals surface area contributed by atoms with Gasteiger partial charge in [-0.1, -0.05) is 25.1 Å². The highest BCUT2D eigenvalue weighted by atomic mass is 32.2. The largest absolute Gasteiger partial charge is 0.307 e. The Kier molecular flexibility index (Phi) is 4.66. The van der Waals surface area contributed by atoms with Crippen LogP contribution in [0.4, 0.5) is 0 Å². The van der Waals surface area contributed by atoms with Crippen molar-refractivity contribution >= 4 is 15.7 Å².